The second kappa shape index (κ2) is 12.0. The number of carboxylic acid groups (broad SMARTS) is 1. The number of amides is 2. The van der Waals surface area contributed by atoms with Crippen molar-refractivity contribution in [1.29, 1.82) is 0 Å². The third kappa shape index (κ3) is 7.68. The fraction of sp³-hybridized carbons (Fsp3) is 0.200. The Balaban J connectivity index is 1.72. The number of nitrogens with zero attached hydrogens (tertiary/aromatic N) is 2. The van der Waals surface area contributed by atoms with Crippen molar-refractivity contribution in [2.75, 3.05) is 0 Å². The summed E-state index contributed by atoms with van der Waals surface area (Å²) in [6, 6.07) is 19.8. The maximum Gasteiger partial charge on any atom is 0.405 e. The molecule has 1 heterocycles. The summed E-state index contributed by atoms with van der Waals surface area (Å²) >= 11 is 0. The van der Waals surface area contributed by atoms with Crippen molar-refractivity contribution >= 4 is 18.1 Å². The van der Waals surface area contributed by atoms with Gasteiger partial charge in [0.05, 0.1) is 0 Å². The molecule has 7 heteroatoms. The average molecular weight is 431 g/mol. The number of carbonyl (C=O) groups is 2. The van der Waals surface area contributed by atoms with Crippen LogP contribution in [0.1, 0.15) is 23.4 Å². The van der Waals surface area contributed by atoms with Crippen LogP contribution in [0.5, 0.6) is 0 Å². The zero-order valence-corrected chi connectivity index (χ0v) is 17.6. The molecule has 0 spiro atoms. The van der Waals surface area contributed by atoms with Crippen molar-refractivity contribution in [2.24, 2.45) is 0 Å². The lowest BCUT2D eigenvalue weighted by Crippen LogP contribution is -2.50. The Hall–Kier alpha value is -4.00. The highest BCUT2D eigenvalue weighted by Crippen LogP contribution is 2.09. The molecule has 3 aromatic rings. The minimum absolute atomic E-state index is 0.260. The lowest BCUT2D eigenvalue weighted by Gasteiger charge is -2.21. The minimum Gasteiger partial charge on any atom is -0.465 e. The first-order chi connectivity index (χ1) is 15.6. The summed E-state index contributed by atoms with van der Waals surface area (Å²) in [5.74, 6) is 0.156. The molecule has 32 heavy (non-hydrogen) atoms. The van der Waals surface area contributed by atoms with Crippen LogP contribution in [0.3, 0.4) is 0 Å². The van der Waals surface area contributed by atoms with Gasteiger partial charge in [-0.25, -0.2) is 14.8 Å². The number of carbonyl (C=O) groups excluding carboxylic acids is 1. The van der Waals surface area contributed by atoms with Crippen molar-refractivity contribution in [3.8, 4) is 0 Å². The molecule has 0 fully saturated rings. The van der Waals surface area contributed by atoms with Gasteiger partial charge in [-0.05, 0) is 36.1 Å². The number of rotatable bonds is 10. The third-order valence-corrected chi connectivity index (χ3v) is 4.87. The van der Waals surface area contributed by atoms with Gasteiger partial charge in [0.25, 0.3) is 0 Å². The molecule has 0 aliphatic rings. The molecule has 0 aliphatic heterocycles. The first kappa shape index (κ1) is 22.7. The number of aryl methyl sites for hydroxylation is 1. The fourth-order valence-corrected chi connectivity index (χ4v) is 3.27. The topological polar surface area (TPSA) is 104 Å². The zero-order chi connectivity index (χ0) is 22.6. The molecule has 0 saturated carbocycles. The number of hydrogen-bond donors (Lipinski definition) is 3. The second-order valence-corrected chi connectivity index (χ2v) is 7.30. The molecule has 0 saturated heterocycles. The zero-order valence-electron chi connectivity index (χ0n) is 17.6. The first-order valence-electron chi connectivity index (χ1n) is 10.4. The Kier molecular flexibility index (Phi) is 8.50. The molecule has 7 nitrogen and oxygen atoms in total. The smallest absolute Gasteiger partial charge is 0.405 e. The third-order valence-electron chi connectivity index (χ3n) is 4.87. The van der Waals surface area contributed by atoms with E-state index in [0.29, 0.717) is 12.2 Å². The van der Waals surface area contributed by atoms with Crippen LogP contribution in [-0.2, 0) is 17.6 Å². The number of nitrogens with one attached hydrogen (secondary N) is 2. The molecule has 2 amide bonds. The molecule has 3 rings (SSSR count). The van der Waals surface area contributed by atoms with Gasteiger partial charge in [-0.1, -0.05) is 66.7 Å². The van der Waals surface area contributed by atoms with Crippen molar-refractivity contribution in [3.05, 3.63) is 102 Å². The quantitative estimate of drug-likeness (QED) is 0.457. The SMILES string of the molecule is O=C(O)NC(Cc1ccccc1)C(=O)NC(/C=C/c1ncccn1)CCc1ccccc1. The van der Waals surface area contributed by atoms with Crippen LogP contribution in [0.25, 0.3) is 6.08 Å². The van der Waals surface area contributed by atoms with Crippen LogP contribution in [-0.4, -0.2) is 39.2 Å². The van der Waals surface area contributed by atoms with Crippen molar-refractivity contribution in [2.45, 2.75) is 31.3 Å². The Morgan fingerprint density at radius 3 is 2.12 bits per heavy atom. The minimum atomic E-state index is -1.24. The molecular formula is C25H26N4O3. The molecule has 1 aromatic heterocycles. The summed E-state index contributed by atoms with van der Waals surface area (Å²) in [6.07, 6.45) is 7.31. The molecule has 0 aliphatic carbocycles. The second-order valence-electron chi connectivity index (χ2n) is 7.30. The Morgan fingerprint density at radius 2 is 1.50 bits per heavy atom. The molecule has 2 unspecified atom stereocenters. The predicted molar refractivity (Wildman–Crippen MR) is 123 cm³/mol. The number of benzene rings is 2. The fourth-order valence-electron chi connectivity index (χ4n) is 3.27. The lowest BCUT2D eigenvalue weighted by molar-refractivity contribution is -0.123. The average Bonchev–Trinajstić information content (AvgIpc) is 2.82. The van der Waals surface area contributed by atoms with E-state index in [4.69, 9.17) is 0 Å². The van der Waals surface area contributed by atoms with Gasteiger partial charge in [0.15, 0.2) is 5.82 Å². The van der Waals surface area contributed by atoms with Crippen LogP contribution in [0, 0.1) is 0 Å². The van der Waals surface area contributed by atoms with Crippen molar-refractivity contribution < 1.29 is 14.7 Å². The van der Waals surface area contributed by atoms with E-state index in [-0.39, 0.29) is 18.4 Å². The van der Waals surface area contributed by atoms with Gasteiger partial charge >= 0.3 is 6.09 Å². The van der Waals surface area contributed by atoms with E-state index in [2.05, 4.69) is 20.6 Å². The summed E-state index contributed by atoms with van der Waals surface area (Å²) in [6.45, 7) is 0. The normalized spacial score (nSPS) is 12.8. The van der Waals surface area contributed by atoms with Crippen LogP contribution < -0.4 is 10.6 Å². The molecule has 2 atom stereocenters. The Bertz CT molecular complexity index is 1010. The maximum atomic E-state index is 13.0. The van der Waals surface area contributed by atoms with Gasteiger partial charge in [0.1, 0.15) is 6.04 Å². The van der Waals surface area contributed by atoms with E-state index in [1.54, 1.807) is 24.5 Å². The monoisotopic (exact) mass is 430 g/mol. The van der Waals surface area contributed by atoms with E-state index in [1.165, 1.54) is 0 Å². The van der Waals surface area contributed by atoms with E-state index in [0.717, 1.165) is 17.5 Å². The van der Waals surface area contributed by atoms with Gasteiger partial charge in [-0.15, -0.1) is 0 Å². The predicted octanol–water partition coefficient (Wildman–Crippen LogP) is 3.49. The van der Waals surface area contributed by atoms with Crippen LogP contribution >= 0.6 is 0 Å². The molecule has 3 N–H and O–H groups in total. The Morgan fingerprint density at radius 1 is 0.875 bits per heavy atom. The maximum absolute atomic E-state index is 13.0. The van der Waals surface area contributed by atoms with Crippen LogP contribution in [0.15, 0.2) is 85.2 Å². The Labute approximate surface area is 187 Å². The van der Waals surface area contributed by atoms with Crippen LogP contribution in [0.4, 0.5) is 4.79 Å². The van der Waals surface area contributed by atoms with E-state index >= 15 is 0 Å². The van der Waals surface area contributed by atoms with Gasteiger partial charge in [0.2, 0.25) is 5.91 Å². The van der Waals surface area contributed by atoms with Crippen molar-refractivity contribution in [1.82, 2.24) is 20.6 Å². The summed E-state index contributed by atoms with van der Waals surface area (Å²) in [5.41, 5.74) is 2.02. The molecule has 2 aromatic carbocycles. The van der Waals surface area contributed by atoms with E-state index < -0.39 is 12.1 Å². The highest BCUT2D eigenvalue weighted by molar-refractivity contribution is 5.86. The van der Waals surface area contributed by atoms with Gasteiger partial charge in [0, 0.05) is 24.9 Å². The summed E-state index contributed by atoms with van der Waals surface area (Å²) in [4.78, 5) is 32.7. The summed E-state index contributed by atoms with van der Waals surface area (Å²) in [5, 5.41) is 14.5. The van der Waals surface area contributed by atoms with Crippen molar-refractivity contribution in [3.63, 3.8) is 0 Å². The van der Waals surface area contributed by atoms with E-state index in [1.807, 2.05) is 66.7 Å². The van der Waals surface area contributed by atoms with Crippen LogP contribution in [0.2, 0.25) is 0 Å². The standard InChI is InChI=1S/C25H26N4O3/c30-24(22(29-25(31)32)18-20-10-5-2-6-11-20)28-21(13-12-19-8-3-1-4-9-19)14-15-23-26-16-7-17-27-23/h1-11,14-17,21-22,29H,12-13,18H2,(H,28,30)(H,31,32)/b15-14+. The molecule has 0 radical (unpaired) electrons. The van der Waals surface area contributed by atoms with Gasteiger partial charge in [-0.2, -0.15) is 0 Å². The first-order valence-corrected chi connectivity index (χ1v) is 10.4. The van der Waals surface area contributed by atoms with Gasteiger partial charge in [-0.3, -0.25) is 4.79 Å². The van der Waals surface area contributed by atoms with E-state index in [9.17, 15) is 14.7 Å². The largest absolute Gasteiger partial charge is 0.465 e. The highest BCUT2D eigenvalue weighted by Gasteiger charge is 2.23. The summed E-state index contributed by atoms with van der Waals surface area (Å²) in [7, 11) is 0. The number of hydrogen-bond acceptors (Lipinski definition) is 4. The summed E-state index contributed by atoms with van der Waals surface area (Å²) < 4.78 is 0. The van der Waals surface area contributed by atoms with Gasteiger partial charge < -0.3 is 15.7 Å². The molecule has 164 valence electrons. The number of aromatic nitrogens is 2. The highest BCUT2D eigenvalue weighted by atomic mass is 16.4. The molecule has 0 bridgehead atoms. The molecular weight excluding hydrogens is 404 g/mol. The lowest BCUT2D eigenvalue weighted by atomic mass is 10.0.